The predicted molar refractivity (Wildman–Crippen MR) is 237 cm³/mol. The van der Waals surface area contributed by atoms with Crippen molar-refractivity contribution in [3.05, 3.63) is 218 Å². The molecular formula is C54H36N2. The Labute approximate surface area is 325 Å². The van der Waals surface area contributed by atoms with E-state index in [1.807, 2.05) is 0 Å². The maximum absolute atomic E-state index is 2.46. The third-order valence-corrected chi connectivity index (χ3v) is 11.3. The van der Waals surface area contributed by atoms with Crippen molar-refractivity contribution in [2.24, 2.45) is 0 Å². The van der Waals surface area contributed by atoms with Crippen molar-refractivity contribution < 1.29 is 0 Å². The first-order valence-electron chi connectivity index (χ1n) is 19.3. The first kappa shape index (κ1) is 32.0. The zero-order valence-corrected chi connectivity index (χ0v) is 30.7. The lowest BCUT2D eigenvalue weighted by Crippen LogP contribution is -1.98. The molecule has 0 radical (unpaired) electrons. The van der Waals surface area contributed by atoms with E-state index < -0.39 is 0 Å². The van der Waals surface area contributed by atoms with Crippen LogP contribution in [0.15, 0.2) is 218 Å². The van der Waals surface area contributed by atoms with Crippen LogP contribution in [0.5, 0.6) is 0 Å². The minimum atomic E-state index is 1.13. The Hall–Kier alpha value is -7.42. The summed E-state index contributed by atoms with van der Waals surface area (Å²) in [6.07, 6.45) is 0. The Balaban J connectivity index is 1.18. The largest absolute Gasteiger partial charge is 0.309 e. The molecule has 0 aliphatic heterocycles. The van der Waals surface area contributed by atoms with Gasteiger partial charge in [-0.1, -0.05) is 164 Å². The van der Waals surface area contributed by atoms with Crippen LogP contribution in [0.4, 0.5) is 0 Å². The van der Waals surface area contributed by atoms with Crippen LogP contribution in [0.3, 0.4) is 0 Å². The van der Waals surface area contributed by atoms with Crippen LogP contribution >= 0.6 is 0 Å². The fraction of sp³-hybridized carbons (Fsp3) is 0. The van der Waals surface area contributed by atoms with E-state index in [0.717, 1.165) is 11.4 Å². The van der Waals surface area contributed by atoms with E-state index in [1.54, 1.807) is 0 Å². The Kier molecular flexibility index (Phi) is 7.53. The zero-order chi connectivity index (χ0) is 37.0. The summed E-state index contributed by atoms with van der Waals surface area (Å²) in [5, 5.41) is 4.99. The molecule has 0 saturated carbocycles. The first-order chi connectivity index (χ1) is 27.8. The van der Waals surface area contributed by atoms with Crippen LogP contribution in [-0.4, -0.2) is 9.13 Å². The number of fused-ring (bicyclic) bond motifs is 6. The molecular weight excluding hydrogens is 677 g/mol. The minimum absolute atomic E-state index is 1.13. The molecule has 56 heavy (non-hydrogen) atoms. The molecule has 2 heteroatoms. The molecule has 0 saturated heterocycles. The molecule has 262 valence electrons. The molecule has 0 atom stereocenters. The number of aromatic nitrogens is 2. The SMILES string of the molecule is c1ccc(-c2cc(-c3cccc(-c4ccccc4)c3-c3ccccc3)cc(-n3c4ccccc4c4cc(-n5c6ccccc6c6ccccc65)ccc43)c2)cc1. The molecule has 0 bridgehead atoms. The molecule has 0 fully saturated rings. The lowest BCUT2D eigenvalue weighted by Gasteiger charge is -2.19. The molecule has 9 aromatic carbocycles. The number of benzene rings is 9. The Morgan fingerprint density at radius 3 is 1.29 bits per heavy atom. The van der Waals surface area contributed by atoms with Crippen molar-refractivity contribution >= 4 is 43.6 Å². The average Bonchev–Trinajstić information content (AvgIpc) is 3.79. The minimum Gasteiger partial charge on any atom is -0.309 e. The summed E-state index contributed by atoms with van der Waals surface area (Å²) in [7, 11) is 0. The predicted octanol–water partition coefficient (Wildman–Crippen LogP) is 14.5. The molecule has 11 aromatic rings. The van der Waals surface area contributed by atoms with Crippen LogP contribution in [0.25, 0.3) is 99.5 Å². The highest BCUT2D eigenvalue weighted by Gasteiger charge is 2.19. The van der Waals surface area contributed by atoms with Gasteiger partial charge in [0, 0.05) is 32.9 Å². The molecule has 2 heterocycles. The fourth-order valence-corrected chi connectivity index (χ4v) is 8.84. The smallest absolute Gasteiger partial charge is 0.0542 e. The van der Waals surface area contributed by atoms with Gasteiger partial charge in [0.2, 0.25) is 0 Å². The van der Waals surface area contributed by atoms with Gasteiger partial charge in [0.15, 0.2) is 0 Å². The van der Waals surface area contributed by atoms with Crippen molar-refractivity contribution in [1.29, 1.82) is 0 Å². The van der Waals surface area contributed by atoms with Gasteiger partial charge >= 0.3 is 0 Å². The highest BCUT2D eigenvalue weighted by atomic mass is 15.0. The average molecular weight is 713 g/mol. The Morgan fingerprint density at radius 2 is 0.679 bits per heavy atom. The van der Waals surface area contributed by atoms with Crippen molar-refractivity contribution in [3.63, 3.8) is 0 Å². The normalized spacial score (nSPS) is 11.6. The molecule has 2 nitrogen and oxygen atoms in total. The summed E-state index contributed by atoms with van der Waals surface area (Å²) in [4.78, 5) is 0. The van der Waals surface area contributed by atoms with Crippen LogP contribution in [-0.2, 0) is 0 Å². The summed E-state index contributed by atoms with van der Waals surface area (Å²) in [6, 6.07) is 79.5. The van der Waals surface area contributed by atoms with Gasteiger partial charge in [-0.15, -0.1) is 0 Å². The highest BCUT2D eigenvalue weighted by Crippen LogP contribution is 2.43. The number of hydrogen-bond donors (Lipinski definition) is 0. The van der Waals surface area contributed by atoms with Crippen molar-refractivity contribution in [2.45, 2.75) is 0 Å². The van der Waals surface area contributed by atoms with Gasteiger partial charge in [-0.2, -0.15) is 0 Å². The third-order valence-electron chi connectivity index (χ3n) is 11.3. The van der Waals surface area contributed by atoms with Gasteiger partial charge in [-0.05, 0) is 99.1 Å². The number of nitrogens with zero attached hydrogens (tertiary/aromatic N) is 2. The summed E-state index contributed by atoms with van der Waals surface area (Å²) >= 11 is 0. The van der Waals surface area contributed by atoms with E-state index in [9.17, 15) is 0 Å². The van der Waals surface area contributed by atoms with Crippen LogP contribution < -0.4 is 0 Å². The standard InChI is InChI=1S/C54H36N2/c1-4-17-37(18-5-1)40-33-41(45-27-16-26-44(38-19-6-2-7-20-38)54(45)39-21-8-3-9-22-39)35-43(34-40)56-52-30-15-12-25-48(52)49-36-42(31-32-53(49)56)55-50-28-13-10-23-46(50)47-24-11-14-29-51(47)55/h1-36H. The van der Waals surface area contributed by atoms with Gasteiger partial charge in [0.1, 0.15) is 0 Å². The Morgan fingerprint density at radius 1 is 0.232 bits per heavy atom. The maximum Gasteiger partial charge on any atom is 0.0542 e. The first-order valence-corrected chi connectivity index (χ1v) is 19.3. The quantitative estimate of drug-likeness (QED) is 0.162. The van der Waals surface area contributed by atoms with Gasteiger partial charge in [-0.3, -0.25) is 0 Å². The maximum atomic E-state index is 2.46. The third kappa shape index (κ3) is 5.19. The molecule has 0 amide bonds. The van der Waals surface area contributed by atoms with Gasteiger partial charge in [0.05, 0.1) is 22.1 Å². The second kappa shape index (κ2) is 13.2. The number of rotatable bonds is 6. The summed E-state index contributed by atoms with van der Waals surface area (Å²) < 4.78 is 4.87. The van der Waals surface area contributed by atoms with Crippen LogP contribution in [0.2, 0.25) is 0 Å². The van der Waals surface area contributed by atoms with Gasteiger partial charge in [0.25, 0.3) is 0 Å². The molecule has 11 rings (SSSR count). The van der Waals surface area contributed by atoms with Crippen LogP contribution in [0.1, 0.15) is 0 Å². The van der Waals surface area contributed by atoms with E-state index in [4.69, 9.17) is 0 Å². The number of hydrogen-bond acceptors (Lipinski definition) is 0. The van der Waals surface area contributed by atoms with E-state index >= 15 is 0 Å². The number of para-hydroxylation sites is 3. The van der Waals surface area contributed by atoms with Crippen molar-refractivity contribution in [3.8, 4) is 55.9 Å². The molecule has 0 spiro atoms. The summed E-state index contributed by atoms with van der Waals surface area (Å²) in [6.45, 7) is 0. The van der Waals surface area contributed by atoms with Crippen molar-refractivity contribution in [1.82, 2.24) is 9.13 Å². The second-order valence-corrected chi connectivity index (χ2v) is 14.5. The monoisotopic (exact) mass is 712 g/mol. The lowest BCUT2D eigenvalue weighted by atomic mass is 9.86. The fourth-order valence-electron chi connectivity index (χ4n) is 8.84. The molecule has 0 N–H and O–H groups in total. The van der Waals surface area contributed by atoms with Gasteiger partial charge in [-0.25, -0.2) is 0 Å². The molecule has 0 aliphatic carbocycles. The zero-order valence-electron chi connectivity index (χ0n) is 30.7. The molecule has 0 aliphatic rings. The van der Waals surface area contributed by atoms with Gasteiger partial charge < -0.3 is 9.13 Å². The van der Waals surface area contributed by atoms with Crippen molar-refractivity contribution in [2.75, 3.05) is 0 Å². The highest BCUT2D eigenvalue weighted by molar-refractivity contribution is 6.12. The van der Waals surface area contributed by atoms with E-state index in [1.165, 1.54) is 88.1 Å². The Bertz CT molecular complexity index is 3170. The summed E-state index contributed by atoms with van der Waals surface area (Å²) in [5.41, 5.74) is 16.6. The topological polar surface area (TPSA) is 9.86 Å². The van der Waals surface area contributed by atoms with E-state index in [-0.39, 0.29) is 0 Å². The second-order valence-electron chi connectivity index (χ2n) is 14.5. The van der Waals surface area contributed by atoms with E-state index in [2.05, 4.69) is 228 Å². The lowest BCUT2D eigenvalue weighted by molar-refractivity contribution is 1.17. The molecule has 0 unspecified atom stereocenters. The van der Waals surface area contributed by atoms with E-state index in [0.29, 0.717) is 0 Å². The van der Waals surface area contributed by atoms with Crippen LogP contribution in [0, 0.1) is 0 Å². The summed E-state index contributed by atoms with van der Waals surface area (Å²) in [5.74, 6) is 0. The molecule has 2 aromatic heterocycles.